The summed E-state index contributed by atoms with van der Waals surface area (Å²) in [6, 6.07) is 5.34. The van der Waals surface area contributed by atoms with Crippen LogP contribution in [0.5, 0.6) is 0 Å². The highest BCUT2D eigenvalue weighted by atomic mass is 35.5. The van der Waals surface area contributed by atoms with Crippen molar-refractivity contribution < 1.29 is 22.4 Å². The van der Waals surface area contributed by atoms with E-state index in [1.54, 1.807) is 6.07 Å². The summed E-state index contributed by atoms with van der Waals surface area (Å²) >= 11 is 4.17. The lowest BCUT2D eigenvalue weighted by Crippen LogP contribution is -2.18. The fourth-order valence-corrected chi connectivity index (χ4v) is 3.06. The predicted octanol–water partition coefficient (Wildman–Crippen LogP) is 2.91. The second-order valence-corrected chi connectivity index (χ2v) is 6.54. The maximum absolute atomic E-state index is 14.0. The van der Waals surface area contributed by atoms with Crippen LogP contribution in [-0.4, -0.2) is 31.1 Å². The zero-order valence-corrected chi connectivity index (χ0v) is 14.8. The zero-order chi connectivity index (χ0) is 18.7. The van der Waals surface area contributed by atoms with Gasteiger partial charge in [0.15, 0.2) is 6.39 Å². The minimum absolute atomic E-state index is 0.00766. The van der Waals surface area contributed by atoms with Crippen molar-refractivity contribution in [1.82, 2.24) is 14.7 Å². The van der Waals surface area contributed by atoms with Crippen molar-refractivity contribution in [3.05, 3.63) is 58.3 Å². The molecule has 0 saturated carbocycles. The molecule has 2 N–H and O–H groups in total. The van der Waals surface area contributed by atoms with Gasteiger partial charge in [-0.3, -0.25) is 9.35 Å². The topological polar surface area (TPSA) is 105 Å². The Morgan fingerprint density at radius 3 is 2.96 bits per heavy atom. The predicted molar refractivity (Wildman–Crippen MR) is 93.7 cm³/mol. The third-order valence-electron chi connectivity index (χ3n) is 3.63. The first-order chi connectivity index (χ1) is 12.5. The van der Waals surface area contributed by atoms with Crippen molar-refractivity contribution in [3.8, 4) is 0 Å². The molecule has 3 aromatic rings. The van der Waals surface area contributed by atoms with Gasteiger partial charge in [-0.1, -0.05) is 11.6 Å². The molecule has 136 valence electrons. The first kappa shape index (κ1) is 18.6. The van der Waals surface area contributed by atoms with E-state index in [9.17, 15) is 13.4 Å². The molecular weight excluding hydrogens is 385 g/mol. The third kappa shape index (κ3) is 4.13. The Morgan fingerprint density at radius 1 is 1.38 bits per heavy atom. The molecule has 0 bridgehead atoms. The minimum Gasteiger partial charge on any atom is -0.425 e. The highest BCUT2D eigenvalue weighted by Gasteiger charge is 2.19. The van der Waals surface area contributed by atoms with Crippen molar-refractivity contribution in [2.75, 3.05) is 6.54 Å². The Kier molecular flexibility index (Phi) is 5.72. The van der Waals surface area contributed by atoms with Crippen LogP contribution in [0.25, 0.3) is 11.2 Å². The molecule has 0 aliphatic heterocycles. The molecule has 26 heavy (non-hydrogen) atoms. The van der Waals surface area contributed by atoms with E-state index >= 15 is 0 Å². The molecule has 2 heterocycles. The van der Waals surface area contributed by atoms with Crippen LogP contribution in [0.3, 0.4) is 0 Å². The summed E-state index contributed by atoms with van der Waals surface area (Å²) in [5, 5.41) is 0.126. The summed E-state index contributed by atoms with van der Waals surface area (Å²) in [5.74, 6) is -1.14. The summed E-state index contributed by atoms with van der Waals surface area (Å²) < 4.78 is 40.6. The molecule has 10 heteroatoms. The summed E-state index contributed by atoms with van der Waals surface area (Å²) in [5.41, 5.74) is 1.19. The van der Waals surface area contributed by atoms with Gasteiger partial charge in [0.2, 0.25) is 22.8 Å². The lowest BCUT2D eigenvalue weighted by molar-refractivity contribution is 0.103. The van der Waals surface area contributed by atoms with Gasteiger partial charge in [0.05, 0.1) is 5.02 Å². The van der Waals surface area contributed by atoms with Crippen LogP contribution in [0.1, 0.15) is 28.0 Å². The molecular formula is C16H13ClFN3O4S. The fraction of sp³-hybridized carbons (Fsp3) is 0.188. The summed E-state index contributed by atoms with van der Waals surface area (Å²) in [6.07, 6.45) is 1.98. The number of aromatic nitrogens is 2. The number of aryl methyl sites for hydroxylation is 1. The fourth-order valence-electron chi connectivity index (χ4n) is 2.45. The van der Waals surface area contributed by atoms with Gasteiger partial charge in [0.1, 0.15) is 17.0 Å². The van der Waals surface area contributed by atoms with Gasteiger partial charge in [-0.25, -0.2) is 23.3 Å². The second kappa shape index (κ2) is 8.00. The third-order valence-corrected chi connectivity index (χ3v) is 4.53. The number of nitrogens with one attached hydrogen (secondary N) is 1. The minimum atomic E-state index is -2.11. The molecule has 0 aliphatic rings. The molecule has 0 radical (unpaired) electrons. The van der Waals surface area contributed by atoms with Crippen molar-refractivity contribution >= 4 is 39.9 Å². The van der Waals surface area contributed by atoms with Gasteiger partial charge in [0, 0.05) is 12.1 Å². The Bertz CT molecular complexity index is 995. The number of rotatable bonds is 7. The normalized spacial score (nSPS) is 12.4. The van der Waals surface area contributed by atoms with Crippen molar-refractivity contribution in [2.24, 2.45) is 0 Å². The summed E-state index contributed by atoms with van der Waals surface area (Å²) in [4.78, 5) is 20.7. The Morgan fingerprint density at radius 2 is 2.19 bits per heavy atom. The number of oxazole rings is 1. The average molecular weight is 398 g/mol. The Balaban J connectivity index is 1.86. The second-order valence-electron chi connectivity index (χ2n) is 5.38. The monoisotopic (exact) mass is 397 g/mol. The molecule has 0 spiro atoms. The highest BCUT2D eigenvalue weighted by molar-refractivity contribution is 7.77. The SMILES string of the molecule is O=C(c1ccc2ncoc2n1)c1cc(F)cc(CCCNS(=O)O)c1Cl. The maximum Gasteiger partial charge on any atom is 0.247 e. The molecule has 1 unspecified atom stereocenters. The van der Waals surface area contributed by atoms with Gasteiger partial charge in [-0.05, 0) is 42.7 Å². The molecule has 0 fully saturated rings. The van der Waals surface area contributed by atoms with Crippen LogP contribution in [0.2, 0.25) is 5.02 Å². The number of hydrogen-bond donors (Lipinski definition) is 2. The number of nitrogens with zero attached hydrogens (tertiary/aromatic N) is 2. The lowest BCUT2D eigenvalue weighted by Gasteiger charge is -2.10. The first-order valence-electron chi connectivity index (χ1n) is 7.53. The number of carbonyl (C=O) groups is 1. The lowest BCUT2D eigenvalue weighted by atomic mass is 10.0. The molecule has 0 aliphatic carbocycles. The molecule has 0 saturated heterocycles. The highest BCUT2D eigenvalue weighted by Crippen LogP contribution is 2.26. The molecule has 7 nitrogen and oxygen atoms in total. The molecule has 1 aromatic carbocycles. The number of halogens is 2. The average Bonchev–Trinajstić information content (AvgIpc) is 3.08. The van der Waals surface area contributed by atoms with E-state index in [1.807, 2.05) is 0 Å². The summed E-state index contributed by atoms with van der Waals surface area (Å²) in [7, 11) is 0. The van der Waals surface area contributed by atoms with Crippen LogP contribution in [0.15, 0.2) is 35.1 Å². The standard InChI is InChI=1S/C16H13ClFN3O4S/c17-14-9(2-1-5-20-26(23)24)6-10(18)7-11(14)15(22)12-3-4-13-16(21-12)25-8-19-13/h3-4,6-8,20H,1-2,5H2,(H,23,24). The van der Waals surface area contributed by atoms with Crippen LogP contribution in [0, 0.1) is 5.82 Å². The molecule has 1 atom stereocenters. The molecule has 0 amide bonds. The summed E-state index contributed by atoms with van der Waals surface area (Å²) in [6.45, 7) is 0.239. The van der Waals surface area contributed by atoms with Crippen LogP contribution < -0.4 is 4.72 Å². The van der Waals surface area contributed by atoms with E-state index in [0.717, 1.165) is 6.07 Å². The number of carbonyl (C=O) groups excluding carboxylic acids is 1. The first-order valence-corrected chi connectivity index (χ1v) is 9.01. The molecule has 2 aromatic heterocycles. The zero-order valence-electron chi connectivity index (χ0n) is 13.2. The van der Waals surface area contributed by atoms with E-state index in [2.05, 4.69) is 14.7 Å². The van der Waals surface area contributed by atoms with Crippen LogP contribution in [0.4, 0.5) is 4.39 Å². The van der Waals surface area contributed by atoms with Crippen LogP contribution in [-0.2, 0) is 17.7 Å². The molecule has 3 rings (SSSR count). The van der Waals surface area contributed by atoms with Gasteiger partial charge in [-0.2, -0.15) is 0 Å². The van der Waals surface area contributed by atoms with Gasteiger partial charge >= 0.3 is 0 Å². The van der Waals surface area contributed by atoms with Gasteiger partial charge in [0.25, 0.3) is 0 Å². The van der Waals surface area contributed by atoms with Crippen molar-refractivity contribution in [2.45, 2.75) is 12.8 Å². The Labute approximate surface area is 155 Å². The Hall–Kier alpha value is -2.20. The van der Waals surface area contributed by atoms with Crippen molar-refractivity contribution in [3.63, 3.8) is 0 Å². The number of pyridine rings is 1. The van der Waals surface area contributed by atoms with Gasteiger partial charge < -0.3 is 4.42 Å². The number of ketones is 1. The van der Waals surface area contributed by atoms with E-state index in [1.165, 1.54) is 18.5 Å². The van der Waals surface area contributed by atoms with Crippen molar-refractivity contribution in [1.29, 1.82) is 0 Å². The number of fused-ring (bicyclic) bond motifs is 1. The maximum atomic E-state index is 14.0. The van der Waals surface area contributed by atoms with E-state index in [0.29, 0.717) is 23.9 Å². The van der Waals surface area contributed by atoms with Gasteiger partial charge in [-0.15, -0.1) is 0 Å². The number of hydrogen-bond acceptors (Lipinski definition) is 5. The quantitative estimate of drug-likeness (QED) is 0.361. The van der Waals surface area contributed by atoms with E-state index in [-0.39, 0.29) is 28.5 Å². The largest absolute Gasteiger partial charge is 0.425 e. The number of benzene rings is 1. The smallest absolute Gasteiger partial charge is 0.247 e. The van der Waals surface area contributed by atoms with Crippen LogP contribution >= 0.6 is 11.6 Å². The van der Waals surface area contributed by atoms with E-state index < -0.39 is 22.9 Å². The van der Waals surface area contributed by atoms with E-state index in [4.69, 9.17) is 20.6 Å².